The standard InChI is InChI=1S/C7H13BrO/c1-7(9)5-3-2-4-6(7)8/h6,9H,2-5H2,1H3/t6-,7+/m1/s1. The largest absolute Gasteiger partial charge is 0.389 e. The Balaban J connectivity index is 2.49. The molecule has 0 bridgehead atoms. The molecule has 54 valence electrons. The summed E-state index contributed by atoms with van der Waals surface area (Å²) in [7, 11) is 0. The lowest BCUT2D eigenvalue weighted by atomic mass is 9.87. The van der Waals surface area contributed by atoms with Gasteiger partial charge in [-0.05, 0) is 19.8 Å². The van der Waals surface area contributed by atoms with Gasteiger partial charge in [-0.2, -0.15) is 0 Å². The van der Waals surface area contributed by atoms with Gasteiger partial charge in [0.15, 0.2) is 0 Å². The van der Waals surface area contributed by atoms with E-state index in [0.29, 0.717) is 4.83 Å². The highest BCUT2D eigenvalue weighted by molar-refractivity contribution is 9.09. The maximum absolute atomic E-state index is 9.60. The van der Waals surface area contributed by atoms with Crippen molar-refractivity contribution in [2.24, 2.45) is 0 Å². The molecule has 0 heterocycles. The molecule has 1 fully saturated rings. The van der Waals surface area contributed by atoms with Crippen molar-refractivity contribution in [2.75, 3.05) is 0 Å². The predicted octanol–water partition coefficient (Wildman–Crippen LogP) is 2.07. The van der Waals surface area contributed by atoms with Crippen molar-refractivity contribution in [2.45, 2.75) is 43.0 Å². The fourth-order valence-electron chi connectivity index (χ4n) is 1.27. The first-order chi connectivity index (χ1) is 4.13. The number of halogens is 1. The van der Waals surface area contributed by atoms with Crippen molar-refractivity contribution in [3.05, 3.63) is 0 Å². The summed E-state index contributed by atoms with van der Waals surface area (Å²) >= 11 is 3.46. The highest BCUT2D eigenvalue weighted by atomic mass is 79.9. The summed E-state index contributed by atoms with van der Waals surface area (Å²) in [6.07, 6.45) is 4.50. The molecule has 0 amide bonds. The number of aliphatic hydroxyl groups is 1. The van der Waals surface area contributed by atoms with Crippen molar-refractivity contribution in [1.29, 1.82) is 0 Å². The van der Waals surface area contributed by atoms with Crippen LogP contribution in [0.15, 0.2) is 0 Å². The van der Waals surface area contributed by atoms with E-state index in [2.05, 4.69) is 15.9 Å². The molecule has 2 heteroatoms. The van der Waals surface area contributed by atoms with Crippen molar-refractivity contribution < 1.29 is 5.11 Å². The first-order valence-electron chi connectivity index (χ1n) is 3.49. The zero-order chi connectivity index (χ0) is 6.91. The Labute approximate surface area is 64.6 Å². The molecule has 0 unspecified atom stereocenters. The molecular weight excluding hydrogens is 180 g/mol. The Morgan fingerprint density at radius 2 is 2.22 bits per heavy atom. The van der Waals surface area contributed by atoms with Gasteiger partial charge in [0.2, 0.25) is 0 Å². The van der Waals surface area contributed by atoms with E-state index in [0.717, 1.165) is 12.8 Å². The minimum Gasteiger partial charge on any atom is -0.389 e. The van der Waals surface area contributed by atoms with Crippen LogP contribution in [0.5, 0.6) is 0 Å². The van der Waals surface area contributed by atoms with Gasteiger partial charge < -0.3 is 5.11 Å². The Kier molecular flexibility index (Phi) is 2.17. The zero-order valence-electron chi connectivity index (χ0n) is 5.73. The monoisotopic (exact) mass is 192 g/mol. The van der Waals surface area contributed by atoms with Gasteiger partial charge in [0.05, 0.1) is 5.60 Å². The molecule has 1 N–H and O–H groups in total. The summed E-state index contributed by atoms with van der Waals surface area (Å²) in [6.45, 7) is 1.91. The molecule has 1 nitrogen and oxygen atoms in total. The lowest BCUT2D eigenvalue weighted by Crippen LogP contribution is -2.37. The number of rotatable bonds is 0. The van der Waals surface area contributed by atoms with E-state index in [-0.39, 0.29) is 0 Å². The second kappa shape index (κ2) is 2.59. The first-order valence-corrected chi connectivity index (χ1v) is 4.41. The van der Waals surface area contributed by atoms with Crippen LogP contribution in [0.3, 0.4) is 0 Å². The van der Waals surface area contributed by atoms with E-state index in [1.165, 1.54) is 12.8 Å². The lowest BCUT2D eigenvalue weighted by Gasteiger charge is -2.33. The zero-order valence-corrected chi connectivity index (χ0v) is 7.32. The number of hydrogen-bond acceptors (Lipinski definition) is 1. The molecule has 0 spiro atoms. The third-order valence-corrected chi connectivity index (χ3v) is 3.51. The highest BCUT2D eigenvalue weighted by Crippen LogP contribution is 2.32. The molecule has 0 radical (unpaired) electrons. The minimum atomic E-state index is -0.446. The third-order valence-electron chi connectivity index (χ3n) is 2.07. The van der Waals surface area contributed by atoms with Gasteiger partial charge in [0.25, 0.3) is 0 Å². The average Bonchev–Trinajstić information content (AvgIpc) is 1.77. The van der Waals surface area contributed by atoms with Gasteiger partial charge in [-0.25, -0.2) is 0 Å². The molecule has 0 aliphatic heterocycles. The summed E-state index contributed by atoms with van der Waals surface area (Å²) < 4.78 is 0. The number of hydrogen-bond donors (Lipinski definition) is 1. The molecular formula is C7H13BrO. The van der Waals surface area contributed by atoms with E-state index in [4.69, 9.17) is 0 Å². The average molecular weight is 193 g/mol. The van der Waals surface area contributed by atoms with Crippen LogP contribution in [0, 0.1) is 0 Å². The Bertz CT molecular complexity index is 101. The Morgan fingerprint density at radius 3 is 2.56 bits per heavy atom. The van der Waals surface area contributed by atoms with Gasteiger partial charge in [-0.15, -0.1) is 0 Å². The summed E-state index contributed by atoms with van der Waals surface area (Å²) in [5.41, 5.74) is -0.446. The van der Waals surface area contributed by atoms with Crippen LogP contribution in [0.4, 0.5) is 0 Å². The van der Waals surface area contributed by atoms with Crippen LogP contribution in [-0.2, 0) is 0 Å². The van der Waals surface area contributed by atoms with E-state index in [1.54, 1.807) is 0 Å². The third kappa shape index (κ3) is 1.68. The topological polar surface area (TPSA) is 20.2 Å². The second-order valence-corrected chi connectivity index (χ2v) is 4.18. The smallest absolute Gasteiger partial charge is 0.0744 e. The molecule has 9 heavy (non-hydrogen) atoms. The molecule has 1 rings (SSSR count). The predicted molar refractivity (Wildman–Crippen MR) is 41.8 cm³/mol. The second-order valence-electron chi connectivity index (χ2n) is 3.07. The van der Waals surface area contributed by atoms with Crippen LogP contribution in [0.1, 0.15) is 32.6 Å². The molecule has 0 saturated heterocycles. The van der Waals surface area contributed by atoms with E-state index in [9.17, 15) is 5.11 Å². The molecule has 2 atom stereocenters. The molecule has 1 saturated carbocycles. The van der Waals surface area contributed by atoms with E-state index in [1.807, 2.05) is 6.92 Å². The highest BCUT2D eigenvalue weighted by Gasteiger charge is 2.31. The molecule has 0 aromatic rings. The maximum Gasteiger partial charge on any atom is 0.0744 e. The van der Waals surface area contributed by atoms with Crippen molar-refractivity contribution in [3.8, 4) is 0 Å². The summed E-state index contributed by atoms with van der Waals surface area (Å²) in [5, 5.41) is 9.60. The fourth-order valence-corrected chi connectivity index (χ4v) is 1.83. The van der Waals surface area contributed by atoms with Crippen molar-refractivity contribution in [1.82, 2.24) is 0 Å². The van der Waals surface area contributed by atoms with Crippen LogP contribution in [0.25, 0.3) is 0 Å². The Morgan fingerprint density at radius 1 is 1.56 bits per heavy atom. The van der Waals surface area contributed by atoms with Gasteiger partial charge in [0.1, 0.15) is 0 Å². The maximum atomic E-state index is 9.60. The quantitative estimate of drug-likeness (QED) is 0.584. The van der Waals surface area contributed by atoms with E-state index >= 15 is 0 Å². The van der Waals surface area contributed by atoms with E-state index < -0.39 is 5.60 Å². The van der Waals surface area contributed by atoms with Gasteiger partial charge >= 0.3 is 0 Å². The van der Waals surface area contributed by atoms with Crippen LogP contribution >= 0.6 is 15.9 Å². The van der Waals surface area contributed by atoms with Gasteiger partial charge in [-0.1, -0.05) is 28.8 Å². The summed E-state index contributed by atoms with van der Waals surface area (Å²) in [5.74, 6) is 0. The lowest BCUT2D eigenvalue weighted by molar-refractivity contribution is 0.0312. The van der Waals surface area contributed by atoms with Crippen molar-refractivity contribution in [3.63, 3.8) is 0 Å². The number of alkyl halides is 1. The first kappa shape index (κ1) is 7.55. The molecule has 1 aliphatic rings. The van der Waals surface area contributed by atoms with Gasteiger partial charge in [0, 0.05) is 4.83 Å². The Hall–Kier alpha value is 0.440. The van der Waals surface area contributed by atoms with Crippen LogP contribution in [0.2, 0.25) is 0 Å². The summed E-state index contributed by atoms with van der Waals surface area (Å²) in [6, 6.07) is 0. The molecule has 0 aromatic heterocycles. The van der Waals surface area contributed by atoms with Gasteiger partial charge in [-0.3, -0.25) is 0 Å². The van der Waals surface area contributed by atoms with Crippen LogP contribution in [-0.4, -0.2) is 15.5 Å². The van der Waals surface area contributed by atoms with Crippen molar-refractivity contribution >= 4 is 15.9 Å². The SMILES string of the molecule is C[C@]1(O)CCCC[C@H]1Br. The summed E-state index contributed by atoms with van der Waals surface area (Å²) in [4.78, 5) is 0.318. The molecule has 1 aliphatic carbocycles. The van der Waals surface area contributed by atoms with Crippen LogP contribution < -0.4 is 0 Å². The molecule has 0 aromatic carbocycles. The fraction of sp³-hybridized carbons (Fsp3) is 1.00. The minimum absolute atomic E-state index is 0.318. The normalized spacial score (nSPS) is 45.0.